The van der Waals surface area contributed by atoms with Crippen LogP contribution in [0, 0.1) is 22.7 Å². The average molecular weight is 549 g/mol. The molecular formula is C30H44O9. The molecule has 0 aromatic heterocycles. The Morgan fingerprint density at radius 1 is 1.13 bits per heavy atom. The second kappa shape index (κ2) is 12.4. The molecule has 3 aliphatic rings. The lowest BCUT2D eigenvalue weighted by Gasteiger charge is -2.62. The fourth-order valence-corrected chi connectivity index (χ4v) is 6.70. The number of allylic oxidation sites excluding steroid dienone is 3. The van der Waals surface area contributed by atoms with Gasteiger partial charge in [0.15, 0.2) is 0 Å². The molecule has 0 aromatic rings. The van der Waals surface area contributed by atoms with Crippen LogP contribution in [0.4, 0.5) is 0 Å². The van der Waals surface area contributed by atoms with E-state index in [9.17, 15) is 19.5 Å². The van der Waals surface area contributed by atoms with E-state index in [1.165, 1.54) is 20.8 Å². The van der Waals surface area contributed by atoms with Crippen molar-refractivity contribution in [2.75, 3.05) is 6.61 Å². The molecule has 2 unspecified atom stereocenters. The molecule has 3 rings (SSSR count). The summed E-state index contributed by atoms with van der Waals surface area (Å²) in [7, 11) is 0. The van der Waals surface area contributed by atoms with E-state index in [1.807, 2.05) is 6.92 Å². The molecule has 218 valence electrons. The van der Waals surface area contributed by atoms with Crippen molar-refractivity contribution >= 4 is 17.9 Å². The van der Waals surface area contributed by atoms with Gasteiger partial charge in [0.1, 0.15) is 6.10 Å². The van der Waals surface area contributed by atoms with Crippen molar-refractivity contribution in [3.8, 4) is 0 Å². The van der Waals surface area contributed by atoms with Crippen LogP contribution in [0.1, 0.15) is 74.1 Å². The molecule has 39 heavy (non-hydrogen) atoms. The van der Waals surface area contributed by atoms with Gasteiger partial charge in [-0.1, -0.05) is 51.5 Å². The first kappa shape index (κ1) is 31.0. The lowest BCUT2D eigenvalue weighted by atomic mass is 9.44. The van der Waals surface area contributed by atoms with Crippen LogP contribution in [0.25, 0.3) is 0 Å². The highest BCUT2D eigenvalue weighted by Gasteiger charge is 2.73. The first-order valence-corrected chi connectivity index (χ1v) is 13.8. The summed E-state index contributed by atoms with van der Waals surface area (Å²) in [6.07, 6.45) is 3.28. The number of ether oxygens (including phenoxy) is 5. The summed E-state index contributed by atoms with van der Waals surface area (Å²) in [5.41, 5.74) is -0.445. The normalized spacial score (nSPS) is 37.7. The summed E-state index contributed by atoms with van der Waals surface area (Å²) in [4.78, 5) is 36.5. The number of rotatable bonds is 10. The Bertz CT molecular complexity index is 1020. The minimum Gasteiger partial charge on any atom is -0.458 e. The highest BCUT2D eigenvalue weighted by Crippen LogP contribution is 2.67. The van der Waals surface area contributed by atoms with Gasteiger partial charge in [-0.05, 0) is 49.5 Å². The molecule has 1 saturated heterocycles. The average Bonchev–Trinajstić information content (AvgIpc) is 3.14. The van der Waals surface area contributed by atoms with E-state index in [2.05, 4.69) is 33.4 Å². The van der Waals surface area contributed by atoms with E-state index in [4.69, 9.17) is 23.7 Å². The van der Waals surface area contributed by atoms with Crippen LogP contribution in [0.2, 0.25) is 0 Å². The van der Waals surface area contributed by atoms with Crippen LogP contribution in [-0.4, -0.2) is 60.5 Å². The van der Waals surface area contributed by atoms with Gasteiger partial charge in [-0.15, -0.1) is 0 Å². The predicted octanol–water partition coefficient (Wildman–Crippen LogP) is 4.38. The van der Waals surface area contributed by atoms with Crippen molar-refractivity contribution in [1.82, 2.24) is 0 Å². The van der Waals surface area contributed by atoms with Gasteiger partial charge >= 0.3 is 17.9 Å². The number of carbonyl (C=O) groups is 3. The van der Waals surface area contributed by atoms with Crippen LogP contribution in [0.15, 0.2) is 36.0 Å². The molecule has 0 radical (unpaired) electrons. The summed E-state index contributed by atoms with van der Waals surface area (Å²) in [6.45, 7) is 16.4. The molecule has 0 bridgehead atoms. The molecule has 0 amide bonds. The first-order valence-electron chi connectivity index (χ1n) is 13.8. The maximum absolute atomic E-state index is 12.3. The summed E-state index contributed by atoms with van der Waals surface area (Å²) in [5.74, 6) is -2.23. The van der Waals surface area contributed by atoms with Gasteiger partial charge in [-0.25, -0.2) is 0 Å². The van der Waals surface area contributed by atoms with Crippen molar-refractivity contribution in [3.05, 3.63) is 36.0 Å². The Kier molecular flexibility index (Phi) is 9.83. The van der Waals surface area contributed by atoms with E-state index in [1.54, 1.807) is 12.2 Å². The lowest BCUT2D eigenvalue weighted by molar-refractivity contribution is -0.278. The molecule has 9 atom stereocenters. The van der Waals surface area contributed by atoms with E-state index in [0.717, 1.165) is 18.4 Å². The SMILES string of the molecule is C=C/C(C)=C\C[C@]1(C)[C@H](C)[C@@H](OCCCC)C(O)C23C(=C[C@H](OC(C)=O)C[C@H]21)[C@@H](OC(C)=O)O[C@H]3OC(C)=O. The monoisotopic (exact) mass is 548 g/mol. The Balaban J connectivity index is 2.30. The van der Waals surface area contributed by atoms with Crippen molar-refractivity contribution < 1.29 is 43.2 Å². The van der Waals surface area contributed by atoms with Crippen molar-refractivity contribution in [1.29, 1.82) is 0 Å². The second-order valence-corrected chi connectivity index (χ2v) is 11.3. The molecule has 2 aliphatic carbocycles. The zero-order valence-electron chi connectivity index (χ0n) is 24.2. The molecule has 1 N–H and O–H groups in total. The minimum atomic E-state index is -1.31. The Labute approximate surface area is 231 Å². The topological polar surface area (TPSA) is 118 Å². The quantitative estimate of drug-likeness (QED) is 0.139. The van der Waals surface area contributed by atoms with Crippen molar-refractivity contribution in [2.45, 2.75) is 105 Å². The maximum Gasteiger partial charge on any atom is 0.305 e. The third kappa shape index (κ3) is 5.86. The Hall–Kier alpha value is -2.49. The number of hydrogen-bond donors (Lipinski definition) is 1. The lowest BCUT2D eigenvalue weighted by Crippen LogP contribution is -2.68. The fraction of sp³-hybridized carbons (Fsp3) is 0.700. The smallest absolute Gasteiger partial charge is 0.305 e. The van der Waals surface area contributed by atoms with E-state index < -0.39 is 65.5 Å². The summed E-state index contributed by atoms with van der Waals surface area (Å²) in [5, 5.41) is 12.2. The number of esters is 3. The zero-order valence-corrected chi connectivity index (χ0v) is 24.2. The minimum absolute atomic E-state index is 0.156. The van der Waals surface area contributed by atoms with Crippen molar-refractivity contribution in [2.24, 2.45) is 22.7 Å². The molecule has 1 aliphatic heterocycles. The van der Waals surface area contributed by atoms with E-state index in [-0.39, 0.29) is 5.92 Å². The van der Waals surface area contributed by atoms with Gasteiger partial charge in [0.2, 0.25) is 12.6 Å². The molecule has 9 nitrogen and oxygen atoms in total. The maximum atomic E-state index is 12.3. The number of aliphatic hydroxyl groups is 1. The first-order chi connectivity index (χ1) is 18.3. The highest BCUT2D eigenvalue weighted by atomic mass is 16.8. The molecule has 9 heteroatoms. The van der Waals surface area contributed by atoms with Crippen molar-refractivity contribution in [3.63, 3.8) is 0 Å². The van der Waals surface area contributed by atoms with Gasteiger partial charge in [-0.2, -0.15) is 0 Å². The van der Waals surface area contributed by atoms with E-state index in [0.29, 0.717) is 25.0 Å². The highest BCUT2D eigenvalue weighted by molar-refractivity contribution is 5.68. The number of hydrogen-bond acceptors (Lipinski definition) is 9. The third-order valence-electron chi connectivity index (χ3n) is 8.79. The summed E-state index contributed by atoms with van der Waals surface area (Å²) in [6, 6.07) is 0. The van der Waals surface area contributed by atoms with Crippen LogP contribution < -0.4 is 0 Å². The standard InChI is InChI=1S/C30H44O9/c1-9-11-14-35-25-18(4)29(8,13-12-17(3)10-2)24-16-22(36-19(5)31)15-23-27(37-20(6)32)39-28(38-21(7)33)30(23,24)26(25)34/h10,12,15,18,22,24-28,34H,2,9,11,13-14,16H2,1,3-8H3/b17-12-/t18-,22+,24+,25-,26?,27+,28-,29-,30?/m1/s1. The number of carbonyl (C=O) groups excluding carboxylic acids is 3. The van der Waals surface area contributed by atoms with Gasteiger partial charge in [0.05, 0.1) is 17.6 Å². The zero-order chi connectivity index (χ0) is 29.1. The van der Waals surface area contributed by atoms with E-state index >= 15 is 0 Å². The van der Waals surface area contributed by atoms with Crippen LogP contribution in [-0.2, 0) is 38.1 Å². The Morgan fingerprint density at radius 3 is 2.33 bits per heavy atom. The van der Waals surface area contributed by atoms with Crippen LogP contribution in [0.3, 0.4) is 0 Å². The van der Waals surface area contributed by atoms with Crippen LogP contribution in [0.5, 0.6) is 0 Å². The molecule has 1 heterocycles. The summed E-state index contributed by atoms with van der Waals surface area (Å²) < 4.78 is 29.5. The predicted molar refractivity (Wildman–Crippen MR) is 143 cm³/mol. The van der Waals surface area contributed by atoms with Gasteiger partial charge in [0, 0.05) is 33.0 Å². The van der Waals surface area contributed by atoms with Crippen LogP contribution >= 0.6 is 0 Å². The summed E-state index contributed by atoms with van der Waals surface area (Å²) >= 11 is 0. The number of aliphatic hydroxyl groups excluding tert-OH is 1. The largest absolute Gasteiger partial charge is 0.458 e. The molecule has 1 spiro atoms. The van der Waals surface area contributed by atoms with Gasteiger partial charge in [-0.3, -0.25) is 19.1 Å². The van der Waals surface area contributed by atoms with Gasteiger partial charge in [0.25, 0.3) is 0 Å². The number of unbranched alkanes of at least 4 members (excludes halogenated alkanes) is 1. The van der Waals surface area contributed by atoms with Gasteiger partial charge < -0.3 is 24.1 Å². The molecule has 0 aromatic carbocycles. The second-order valence-electron chi connectivity index (χ2n) is 11.3. The fourth-order valence-electron chi connectivity index (χ4n) is 6.70. The Morgan fingerprint density at radius 2 is 1.77 bits per heavy atom. The third-order valence-corrected chi connectivity index (χ3v) is 8.79. The molecule has 2 fully saturated rings. The molecular weight excluding hydrogens is 504 g/mol. The molecule has 1 saturated carbocycles.